The second-order valence-electron chi connectivity index (χ2n) is 17.1. The highest BCUT2D eigenvalue weighted by Gasteiger charge is 2.24. The molecular formula is C46H90N4O11. The number of aliphatic carboxylic acids is 1. The second kappa shape index (κ2) is 42.2. The van der Waals surface area contributed by atoms with Gasteiger partial charge in [-0.15, -0.1) is 0 Å². The number of unbranched alkanes of at least 4 members (excludes halogenated alkanes) is 16. The molecule has 0 saturated heterocycles. The van der Waals surface area contributed by atoms with Crippen LogP contribution in [0.1, 0.15) is 161 Å². The number of hydrogen-bond donors (Lipinski definition) is 8. The van der Waals surface area contributed by atoms with E-state index in [0.717, 1.165) is 38.8 Å². The minimum atomic E-state index is -1.13. The molecule has 2 unspecified atom stereocenters. The van der Waals surface area contributed by atoms with Crippen LogP contribution in [0.5, 0.6) is 0 Å². The first-order valence-electron chi connectivity index (χ1n) is 24.2. The largest absolute Gasteiger partial charge is 0.480 e. The number of rotatable bonds is 46. The Kier molecular flexibility index (Phi) is 39.6. The summed E-state index contributed by atoms with van der Waals surface area (Å²) in [4.78, 5) is 34.5. The van der Waals surface area contributed by atoms with Crippen molar-refractivity contribution in [1.82, 2.24) is 21.3 Å². The molecule has 15 heteroatoms. The van der Waals surface area contributed by atoms with Crippen molar-refractivity contribution in [1.29, 1.82) is 0 Å². The van der Waals surface area contributed by atoms with Crippen molar-refractivity contribution in [3.8, 4) is 0 Å². The fourth-order valence-corrected chi connectivity index (χ4v) is 7.65. The highest BCUT2D eigenvalue weighted by molar-refractivity contribution is 5.77. The number of Topliss-reactive ketones (excluding diaryl/α,β-unsaturated/α-hetero) is 1. The predicted molar refractivity (Wildman–Crippen MR) is 239 cm³/mol. The molecule has 61 heavy (non-hydrogen) atoms. The molecule has 0 aliphatic heterocycles. The van der Waals surface area contributed by atoms with E-state index in [-0.39, 0.29) is 31.5 Å². The maximum Gasteiger partial charge on any atom is 0.320 e. The van der Waals surface area contributed by atoms with Crippen molar-refractivity contribution >= 4 is 17.7 Å². The number of aliphatic hydroxyl groups is 3. The normalized spacial score (nSPS) is 16.5. The summed E-state index contributed by atoms with van der Waals surface area (Å²) in [6, 6.07) is -0.693. The molecule has 1 aliphatic carbocycles. The number of carboxylic acids is 1. The summed E-state index contributed by atoms with van der Waals surface area (Å²) in [6.07, 6.45) is 25.9. The summed E-state index contributed by atoms with van der Waals surface area (Å²) in [6.45, 7) is 6.94. The average Bonchev–Trinajstić information content (AvgIpc) is 3.23. The highest BCUT2D eigenvalue weighted by atomic mass is 16.5. The van der Waals surface area contributed by atoms with Crippen molar-refractivity contribution in [2.45, 2.75) is 180 Å². The molecule has 8 N–H and O–H groups in total. The van der Waals surface area contributed by atoms with Crippen LogP contribution in [0.15, 0.2) is 0 Å². The monoisotopic (exact) mass is 875 g/mol. The van der Waals surface area contributed by atoms with Crippen LogP contribution < -0.4 is 21.3 Å². The summed E-state index contributed by atoms with van der Waals surface area (Å²) in [7, 11) is 0. The van der Waals surface area contributed by atoms with Crippen LogP contribution in [0.3, 0.4) is 0 Å². The third-order valence-electron chi connectivity index (χ3n) is 11.4. The Balaban J connectivity index is 1.90. The summed E-state index contributed by atoms with van der Waals surface area (Å²) in [5.41, 5.74) is 0. The van der Waals surface area contributed by atoms with Crippen molar-refractivity contribution in [2.75, 3.05) is 85.6 Å². The molecule has 1 amide bonds. The molecule has 0 aromatic carbocycles. The number of nitrogens with one attached hydrogen (secondary N) is 4. The van der Waals surface area contributed by atoms with Crippen molar-refractivity contribution < 1.29 is 53.8 Å². The fraction of sp³-hybridized carbons (Fsp3) is 0.935. The van der Waals surface area contributed by atoms with E-state index < -0.39 is 24.5 Å². The van der Waals surface area contributed by atoms with Gasteiger partial charge in [-0.3, -0.25) is 19.7 Å². The van der Waals surface area contributed by atoms with E-state index in [1.54, 1.807) is 0 Å². The molecule has 1 rings (SSSR count). The lowest BCUT2D eigenvalue weighted by molar-refractivity contribution is -0.140. The summed E-state index contributed by atoms with van der Waals surface area (Å²) >= 11 is 0. The molecule has 0 bridgehead atoms. The van der Waals surface area contributed by atoms with E-state index in [9.17, 15) is 24.6 Å². The molecule has 360 valence electrons. The maximum atomic E-state index is 11.9. The standard InChI is InChI=1S/C46H90N4O11/c1-39(51)37-60-33-31-59-30-28-49-44(53)38-61-34-32-58-29-27-48-43(52)25-24-42(46(56)57)50-36-41-22-20-40(21-23-41)35-47-26-18-16-14-12-10-8-6-4-2-3-5-7-9-11-13-15-17-19-45(54)55/h40-43,45,47-48,50,52,54-55H,2-38H2,1H3,(H,49,53)(H,56,57). The molecule has 0 aromatic heterocycles. The van der Waals surface area contributed by atoms with Gasteiger partial charge in [0.1, 0.15) is 25.5 Å². The molecule has 0 aromatic rings. The van der Waals surface area contributed by atoms with Crippen LogP contribution >= 0.6 is 0 Å². The van der Waals surface area contributed by atoms with E-state index in [1.807, 2.05) is 0 Å². The number of ether oxygens (including phenoxy) is 4. The molecule has 2 atom stereocenters. The minimum Gasteiger partial charge on any atom is -0.480 e. The minimum absolute atomic E-state index is 0.0397. The first-order valence-corrected chi connectivity index (χ1v) is 24.2. The number of hydrogen-bond acceptors (Lipinski definition) is 13. The third kappa shape index (κ3) is 39.5. The van der Waals surface area contributed by atoms with Crippen LogP contribution in [0, 0.1) is 11.8 Å². The summed E-state index contributed by atoms with van der Waals surface area (Å²) < 4.78 is 21.2. The van der Waals surface area contributed by atoms with Crippen LogP contribution in [-0.4, -0.2) is 142 Å². The molecule has 0 radical (unpaired) electrons. The van der Waals surface area contributed by atoms with E-state index >= 15 is 0 Å². The molecular weight excluding hydrogens is 785 g/mol. The topological polar surface area (TPSA) is 217 Å². The molecule has 1 aliphatic rings. The highest BCUT2D eigenvalue weighted by Crippen LogP contribution is 2.28. The number of carbonyl (C=O) groups excluding carboxylic acids is 2. The van der Waals surface area contributed by atoms with Gasteiger partial charge in [0.15, 0.2) is 12.1 Å². The van der Waals surface area contributed by atoms with E-state index in [0.29, 0.717) is 83.8 Å². The Hall–Kier alpha value is -1.79. The van der Waals surface area contributed by atoms with Gasteiger partial charge in [-0.1, -0.05) is 96.3 Å². The number of carbonyl (C=O) groups is 3. The Bertz CT molecular complexity index is 1020. The maximum absolute atomic E-state index is 11.9. The lowest BCUT2D eigenvalue weighted by Gasteiger charge is -2.30. The zero-order chi connectivity index (χ0) is 44.4. The van der Waals surface area contributed by atoms with Gasteiger partial charge in [-0.05, 0) is 96.2 Å². The van der Waals surface area contributed by atoms with Gasteiger partial charge in [0.05, 0.1) is 39.6 Å². The molecule has 0 heterocycles. The van der Waals surface area contributed by atoms with Gasteiger partial charge in [0.2, 0.25) is 5.91 Å². The van der Waals surface area contributed by atoms with E-state index in [2.05, 4.69) is 21.3 Å². The fourth-order valence-electron chi connectivity index (χ4n) is 7.65. The summed E-state index contributed by atoms with van der Waals surface area (Å²) in [5, 5.41) is 50.4. The third-order valence-corrected chi connectivity index (χ3v) is 11.4. The Morgan fingerprint density at radius 1 is 0.525 bits per heavy atom. The zero-order valence-electron chi connectivity index (χ0n) is 38.2. The Labute approximate surface area is 368 Å². The van der Waals surface area contributed by atoms with Crippen LogP contribution in [0.4, 0.5) is 0 Å². The SMILES string of the molecule is CC(=O)COCCOCCNC(=O)COCCOCCNC(O)CCC(NCC1CCC(CNCCCCCCCCCCCCCCCCCCCC(O)O)CC1)C(=O)O. The van der Waals surface area contributed by atoms with Crippen molar-refractivity contribution in [2.24, 2.45) is 11.8 Å². The van der Waals surface area contributed by atoms with E-state index in [4.69, 9.17) is 29.2 Å². The Morgan fingerprint density at radius 3 is 1.52 bits per heavy atom. The first-order chi connectivity index (χ1) is 29.7. The van der Waals surface area contributed by atoms with Crippen molar-refractivity contribution in [3.63, 3.8) is 0 Å². The van der Waals surface area contributed by atoms with Crippen molar-refractivity contribution in [3.05, 3.63) is 0 Å². The second-order valence-corrected chi connectivity index (χ2v) is 17.1. The number of amides is 1. The molecule has 1 fully saturated rings. The molecule has 1 saturated carbocycles. The van der Waals surface area contributed by atoms with Gasteiger partial charge in [-0.25, -0.2) is 0 Å². The van der Waals surface area contributed by atoms with Crippen LogP contribution in [0.2, 0.25) is 0 Å². The predicted octanol–water partition coefficient (Wildman–Crippen LogP) is 5.22. The van der Waals surface area contributed by atoms with Crippen LogP contribution in [0.25, 0.3) is 0 Å². The first kappa shape index (κ1) is 57.2. The number of ketones is 1. The Morgan fingerprint density at radius 2 is 1.00 bits per heavy atom. The van der Waals surface area contributed by atoms with E-state index in [1.165, 1.54) is 116 Å². The lowest BCUT2D eigenvalue weighted by atomic mass is 9.82. The van der Waals surface area contributed by atoms with Gasteiger partial charge >= 0.3 is 5.97 Å². The van der Waals surface area contributed by atoms with Gasteiger partial charge in [0, 0.05) is 13.1 Å². The van der Waals surface area contributed by atoms with Crippen LogP contribution in [-0.2, 0) is 33.3 Å². The average molecular weight is 875 g/mol. The zero-order valence-corrected chi connectivity index (χ0v) is 38.2. The lowest BCUT2D eigenvalue weighted by Crippen LogP contribution is -2.42. The quantitative estimate of drug-likeness (QED) is 0.0291. The number of carboxylic acid groups (broad SMARTS) is 1. The smallest absolute Gasteiger partial charge is 0.320 e. The molecule has 15 nitrogen and oxygen atoms in total. The molecule has 0 spiro atoms. The number of aliphatic hydroxyl groups excluding tert-OH is 2. The van der Waals surface area contributed by atoms with Gasteiger partial charge in [0.25, 0.3) is 0 Å². The van der Waals surface area contributed by atoms with Gasteiger partial charge < -0.3 is 55.3 Å². The van der Waals surface area contributed by atoms with Gasteiger partial charge in [-0.2, -0.15) is 0 Å². The summed E-state index contributed by atoms with van der Waals surface area (Å²) in [5.74, 6) is 0.00213.